The maximum atomic E-state index is 5.72. The molecule has 0 radical (unpaired) electrons. The van der Waals surface area contributed by atoms with Crippen molar-refractivity contribution in [1.29, 1.82) is 0 Å². The molecule has 1 aliphatic heterocycles. The number of nitrogens with zero attached hydrogens (tertiary/aromatic N) is 3. The smallest absolute Gasteiger partial charge is 0.157 e. The minimum atomic E-state index is -0.0485. The van der Waals surface area contributed by atoms with Crippen molar-refractivity contribution in [1.82, 2.24) is 15.0 Å². The van der Waals surface area contributed by atoms with E-state index in [-0.39, 0.29) is 6.29 Å². The lowest BCUT2D eigenvalue weighted by Crippen LogP contribution is -2.23. The highest BCUT2D eigenvalue weighted by Gasteiger charge is 2.14. The SMILES string of the molecule is NCc1ccc(-n2cc(CCOC3CCCCO3)nn2)cc1. The van der Waals surface area contributed by atoms with E-state index in [1.807, 2.05) is 30.5 Å². The van der Waals surface area contributed by atoms with Gasteiger partial charge in [-0.05, 0) is 37.0 Å². The minimum absolute atomic E-state index is 0.0485. The second-order valence-corrected chi connectivity index (χ2v) is 5.44. The van der Waals surface area contributed by atoms with Gasteiger partial charge in [-0.15, -0.1) is 5.10 Å². The van der Waals surface area contributed by atoms with E-state index in [0.29, 0.717) is 13.2 Å². The van der Waals surface area contributed by atoms with Crippen LogP contribution in [0.1, 0.15) is 30.5 Å². The van der Waals surface area contributed by atoms with Gasteiger partial charge in [-0.2, -0.15) is 0 Å². The lowest BCUT2D eigenvalue weighted by Gasteiger charge is -2.22. The predicted octanol–water partition coefficient (Wildman–Crippen LogP) is 1.81. The van der Waals surface area contributed by atoms with E-state index in [2.05, 4.69) is 10.3 Å². The van der Waals surface area contributed by atoms with Crippen LogP contribution < -0.4 is 5.73 Å². The molecule has 22 heavy (non-hydrogen) atoms. The van der Waals surface area contributed by atoms with Gasteiger partial charge in [0.1, 0.15) is 0 Å². The van der Waals surface area contributed by atoms with Gasteiger partial charge >= 0.3 is 0 Å². The molecule has 2 aromatic rings. The van der Waals surface area contributed by atoms with Crippen molar-refractivity contribution < 1.29 is 9.47 Å². The van der Waals surface area contributed by atoms with Crippen LogP contribution in [0.5, 0.6) is 0 Å². The summed E-state index contributed by atoms with van der Waals surface area (Å²) in [5, 5.41) is 8.34. The molecule has 1 aliphatic rings. The molecule has 1 atom stereocenters. The predicted molar refractivity (Wildman–Crippen MR) is 82.5 cm³/mol. The summed E-state index contributed by atoms with van der Waals surface area (Å²) in [5.74, 6) is 0. The molecule has 118 valence electrons. The molecule has 0 amide bonds. The highest BCUT2D eigenvalue weighted by Crippen LogP contribution is 2.14. The van der Waals surface area contributed by atoms with E-state index < -0.39 is 0 Å². The van der Waals surface area contributed by atoms with Gasteiger partial charge in [0, 0.05) is 19.6 Å². The normalized spacial score (nSPS) is 18.5. The molecule has 1 fully saturated rings. The molecular formula is C16H22N4O2. The van der Waals surface area contributed by atoms with Crippen LogP contribution in [0.4, 0.5) is 0 Å². The molecule has 2 N–H and O–H groups in total. The Morgan fingerprint density at radius 1 is 1.27 bits per heavy atom. The number of benzene rings is 1. The summed E-state index contributed by atoms with van der Waals surface area (Å²) in [5.41, 5.74) is 8.60. The second-order valence-electron chi connectivity index (χ2n) is 5.44. The summed E-state index contributed by atoms with van der Waals surface area (Å²) in [4.78, 5) is 0. The van der Waals surface area contributed by atoms with Crippen LogP contribution in [0.2, 0.25) is 0 Å². The molecule has 1 unspecified atom stereocenters. The molecule has 6 nitrogen and oxygen atoms in total. The maximum Gasteiger partial charge on any atom is 0.157 e. The molecule has 0 bridgehead atoms. The lowest BCUT2D eigenvalue weighted by molar-refractivity contribution is -0.161. The Hall–Kier alpha value is -1.76. The molecule has 3 rings (SSSR count). The van der Waals surface area contributed by atoms with Crippen molar-refractivity contribution in [2.75, 3.05) is 13.2 Å². The third-order valence-electron chi connectivity index (χ3n) is 3.78. The first-order chi connectivity index (χ1) is 10.8. The Labute approximate surface area is 130 Å². The quantitative estimate of drug-likeness (QED) is 0.881. The monoisotopic (exact) mass is 302 g/mol. The zero-order chi connectivity index (χ0) is 15.2. The number of nitrogens with two attached hydrogens (primary N) is 1. The van der Waals surface area contributed by atoms with E-state index in [4.69, 9.17) is 15.2 Å². The molecule has 2 heterocycles. The summed E-state index contributed by atoms with van der Waals surface area (Å²) in [7, 11) is 0. The van der Waals surface area contributed by atoms with Gasteiger partial charge in [0.2, 0.25) is 0 Å². The van der Waals surface area contributed by atoms with Gasteiger partial charge in [0.25, 0.3) is 0 Å². The Morgan fingerprint density at radius 3 is 2.86 bits per heavy atom. The summed E-state index contributed by atoms with van der Waals surface area (Å²) in [6, 6.07) is 7.99. The minimum Gasteiger partial charge on any atom is -0.353 e. The van der Waals surface area contributed by atoms with E-state index in [0.717, 1.165) is 42.8 Å². The number of rotatable bonds is 6. The van der Waals surface area contributed by atoms with Crippen LogP contribution in [0, 0.1) is 0 Å². The fraction of sp³-hybridized carbons (Fsp3) is 0.500. The number of aromatic nitrogens is 3. The average Bonchev–Trinajstić information content (AvgIpc) is 3.05. The largest absolute Gasteiger partial charge is 0.353 e. The van der Waals surface area contributed by atoms with Gasteiger partial charge in [-0.25, -0.2) is 4.68 Å². The molecular weight excluding hydrogens is 280 g/mol. The number of hydrogen-bond acceptors (Lipinski definition) is 5. The molecule has 0 spiro atoms. The number of ether oxygens (including phenoxy) is 2. The fourth-order valence-corrected chi connectivity index (χ4v) is 2.46. The van der Waals surface area contributed by atoms with Crippen molar-refractivity contribution >= 4 is 0 Å². The van der Waals surface area contributed by atoms with Crippen LogP contribution in [0.3, 0.4) is 0 Å². The summed E-state index contributed by atoms with van der Waals surface area (Å²) in [6.45, 7) is 1.96. The molecule has 0 saturated carbocycles. The fourth-order valence-electron chi connectivity index (χ4n) is 2.46. The standard InChI is InChI=1S/C16H22N4O2/c17-11-13-4-6-15(7-5-13)20-12-14(18-19-20)8-10-22-16-3-1-2-9-21-16/h4-7,12,16H,1-3,8-11,17H2. The van der Waals surface area contributed by atoms with Crippen LogP contribution in [0.15, 0.2) is 30.5 Å². The highest BCUT2D eigenvalue weighted by atomic mass is 16.7. The third kappa shape index (κ3) is 3.91. The second kappa shape index (κ2) is 7.49. The van der Waals surface area contributed by atoms with Crippen LogP contribution in [0.25, 0.3) is 5.69 Å². The number of hydrogen-bond donors (Lipinski definition) is 1. The first-order valence-corrected chi connectivity index (χ1v) is 7.79. The molecule has 1 aromatic carbocycles. The van der Waals surface area contributed by atoms with Crippen LogP contribution in [-0.2, 0) is 22.4 Å². The molecule has 1 saturated heterocycles. The first-order valence-electron chi connectivity index (χ1n) is 7.79. The summed E-state index contributed by atoms with van der Waals surface area (Å²) >= 11 is 0. The molecule has 6 heteroatoms. The Morgan fingerprint density at radius 2 is 2.14 bits per heavy atom. The van der Waals surface area contributed by atoms with E-state index >= 15 is 0 Å². The van der Waals surface area contributed by atoms with E-state index in [1.54, 1.807) is 4.68 Å². The molecule has 1 aromatic heterocycles. The van der Waals surface area contributed by atoms with Crippen molar-refractivity contribution in [2.45, 2.75) is 38.5 Å². The van der Waals surface area contributed by atoms with Crippen molar-refractivity contribution in [3.05, 3.63) is 41.7 Å². The zero-order valence-electron chi connectivity index (χ0n) is 12.6. The van der Waals surface area contributed by atoms with Gasteiger partial charge < -0.3 is 15.2 Å². The van der Waals surface area contributed by atoms with Crippen molar-refractivity contribution in [2.24, 2.45) is 5.73 Å². The average molecular weight is 302 g/mol. The summed E-state index contributed by atoms with van der Waals surface area (Å²) < 4.78 is 13.0. The zero-order valence-corrected chi connectivity index (χ0v) is 12.6. The van der Waals surface area contributed by atoms with Gasteiger partial charge in [0.05, 0.1) is 24.2 Å². The van der Waals surface area contributed by atoms with Crippen LogP contribution >= 0.6 is 0 Å². The topological polar surface area (TPSA) is 75.2 Å². The van der Waals surface area contributed by atoms with E-state index in [1.165, 1.54) is 6.42 Å². The van der Waals surface area contributed by atoms with Gasteiger partial charge in [-0.3, -0.25) is 0 Å². The highest BCUT2D eigenvalue weighted by molar-refractivity contribution is 5.33. The first kappa shape index (κ1) is 15.1. The van der Waals surface area contributed by atoms with Crippen molar-refractivity contribution in [3.63, 3.8) is 0 Å². The summed E-state index contributed by atoms with van der Waals surface area (Å²) in [6.07, 6.45) is 5.92. The lowest BCUT2D eigenvalue weighted by atomic mass is 10.2. The molecule has 0 aliphatic carbocycles. The maximum absolute atomic E-state index is 5.72. The Kier molecular flexibility index (Phi) is 5.15. The van der Waals surface area contributed by atoms with Gasteiger partial charge in [0.15, 0.2) is 6.29 Å². The third-order valence-corrected chi connectivity index (χ3v) is 3.78. The Bertz CT molecular complexity index is 576. The van der Waals surface area contributed by atoms with E-state index in [9.17, 15) is 0 Å². The van der Waals surface area contributed by atoms with Gasteiger partial charge in [-0.1, -0.05) is 17.3 Å². The Balaban J connectivity index is 1.51. The van der Waals surface area contributed by atoms with Crippen LogP contribution in [-0.4, -0.2) is 34.5 Å². The van der Waals surface area contributed by atoms with Crippen molar-refractivity contribution in [3.8, 4) is 5.69 Å².